The highest BCUT2D eigenvalue weighted by molar-refractivity contribution is 7.98. The van der Waals surface area contributed by atoms with Gasteiger partial charge in [-0.2, -0.15) is 0 Å². The van der Waals surface area contributed by atoms with Crippen molar-refractivity contribution in [2.75, 3.05) is 31.2 Å². The van der Waals surface area contributed by atoms with Gasteiger partial charge in [-0.1, -0.05) is 25.6 Å². The molecule has 0 N–H and O–H groups in total. The Labute approximate surface area is 165 Å². The Bertz CT molecular complexity index is 973. The minimum Gasteiger partial charge on any atom is -0.378 e. The van der Waals surface area contributed by atoms with Crippen LogP contribution in [0.2, 0.25) is 0 Å². The van der Waals surface area contributed by atoms with Gasteiger partial charge in [0.05, 0.1) is 18.9 Å². The van der Waals surface area contributed by atoms with Gasteiger partial charge in [0, 0.05) is 43.0 Å². The zero-order valence-corrected chi connectivity index (χ0v) is 17.0. The summed E-state index contributed by atoms with van der Waals surface area (Å²) < 4.78 is 9.19. The Kier molecular flexibility index (Phi) is 5.46. The van der Waals surface area contributed by atoms with E-state index in [-0.39, 0.29) is 5.56 Å². The maximum absolute atomic E-state index is 12.2. The van der Waals surface area contributed by atoms with E-state index in [1.165, 1.54) is 11.3 Å². The van der Waals surface area contributed by atoms with Crippen molar-refractivity contribution in [2.24, 2.45) is 5.92 Å². The van der Waals surface area contributed by atoms with Gasteiger partial charge in [0.2, 0.25) is 5.95 Å². The summed E-state index contributed by atoms with van der Waals surface area (Å²) in [6, 6.07) is 1.60. The molecule has 144 valence electrons. The molecule has 0 amide bonds. The largest absolute Gasteiger partial charge is 0.378 e. The van der Waals surface area contributed by atoms with E-state index in [1.807, 2.05) is 5.38 Å². The molecule has 1 aliphatic rings. The Balaban J connectivity index is 1.56. The van der Waals surface area contributed by atoms with E-state index < -0.39 is 0 Å². The minimum atomic E-state index is -0.0468. The molecule has 1 fully saturated rings. The molecule has 1 aliphatic heterocycles. The Morgan fingerprint density at radius 2 is 2.11 bits per heavy atom. The van der Waals surface area contributed by atoms with E-state index in [0.29, 0.717) is 24.9 Å². The van der Waals surface area contributed by atoms with Crippen molar-refractivity contribution in [1.29, 1.82) is 0 Å². The number of fused-ring (bicyclic) bond motifs is 1. The van der Waals surface area contributed by atoms with E-state index in [1.54, 1.807) is 28.4 Å². The van der Waals surface area contributed by atoms with Crippen LogP contribution in [0, 0.1) is 5.92 Å². The Morgan fingerprint density at radius 1 is 1.30 bits per heavy atom. The molecule has 0 saturated carbocycles. The van der Waals surface area contributed by atoms with Crippen molar-refractivity contribution >= 4 is 34.0 Å². The first-order valence-electron chi connectivity index (χ1n) is 8.96. The predicted octanol–water partition coefficient (Wildman–Crippen LogP) is 2.13. The monoisotopic (exact) mass is 406 g/mol. The fourth-order valence-corrected chi connectivity index (χ4v) is 4.58. The summed E-state index contributed by atoms with van der Waals surface area (Å²) in [7, 11) is 0. The lowest BCUT2D eigenvalue weighted by Gasteiger charge is -2.28. The lowest BCUT2D eigenvalue weighted by atomic mass is 10.2. The lowest BCUT2D eigenvalue weighted by molar-refractivity contribution is 0.121. The highest BCUT2D eigenvalue weighted by Crippen LogP contribution is 2.26. The van der Waals surface area contributed by atoms with Gasteiger partial charge in [0.25, 0.3) is 5.56 Å². The second kappa shape index (κ2) is 7.99. The van der Waals surface area contributed by atoms with Crippen LogP contribution >= 0.6 is 23.1 Å². The second-order valence-electron chi connectivity index (χ2n) is 6.82. The van der Waals surface area contributed by atoms with Crippen molar-refractivity contribution in [2.45, 2.75) is 31.3 Å². The van der Waals surface area contributed by atoms with Crippen molar-refractivity contribution in [3.8, 4) is 0 Å². The zero-order valence-electron chi connectivity index (χ0n) is 15.4. The van der Waals surface area contributed by atoms with Crippen molar-refractivity contribution in [3.05, 3.63) is 33.7 Å². The van der Waals surface area contributed by atoms with Gasteiger partial charge in [0.1, 0.15) is 0 Å². The first kappa shape index (κ1) is 18.5. The third-order valence-electron chi connectivity index (χ3n) is 4.24. The molecule has 0 atom stereocenters. The summed E-state index contributed by atoms with van der Waals surface area (Å²) in [5.74, 6) is 1.96. The van der Waals surface area contributed by atoms with Gasteiger partial charge < -0.3 is 9.64 Å². The van der Waals surface area contributed by atoms with E-state index in [9.17, 15) is 4.79 Å². The maximum Gasteiger partial charge on any atom is 0.258 e. The number of aromatic nitrogens is 5. The highest BCUT2D eigenvalue weighted by Gasteiger charge is 2.21. The predicted molar refractivity (Wildman–Crippen MR) is 107 cm³/mol. The molecule has 0 aliphatic carbocycles. The minimum absolute atomic E-state index is 0.0468. The molecular formula is C17H22N6O2S2. The number of ether oxygens (including phenoxy) is 1. The standard InChI is InChI=1S/C17H22N6O2S2/c1-12(2)10-23-15(21-3-6-25-7-4-21)19-20-17(23)27-11-13-9-14(24)22-5-8-26-16(22)18-13/h5,8-9,12H,3-4,6-7,10-11H2,1-2H3. The average Bonchev–Trinajstić information content (AvgIpc) is 3.28. The number of anilines is 1. The molecule has 10 heteroatoms. The van der Waals surface area contributed by atoms with E-state index >= 15 is 0 Å². The smallest absolute Gasteiger partial charge is 0.258 e. The summed E-state index contributed by atoms with van der Waals surface area (Å²) in [4.78, 5) is 19.7. The summed E-state index contributed by atoms with van der Waals surface area (Å²) >= 11 is 3.03. The van der Waals surface area contributed by atoms with Gasteiger partial charge >= 0.3 is 0 Å². The lowest BCUT2D eigenvalue weighted by Crippen LogP contribution is -2.38. The van der Waals surface area contributed by atoms with Gasteiger partial charge in [-0.15, -0.1) is 21.5 Å². The fraction of sp³-hybridized carbons (Fsp3) is 0.529. The second-order valence-corrected chi connectivity index (χ2v) is 8.63. The van der Waals surface area contributed by atoms with Crippen molar-refractivity contribution < 1.29 is 4.74 Å². The Hall–Kier alpha value is -1.91. The summed E-state index contributed by atoms with van der Waals surface area (Å²) in [6.45, 7) is 8.30. The molecule has 1 saturated heterocycles. The fourth-order valence-electron chi connectivity index (χ4n) is 3.01. The SMILES string of the molecule is CC(C)Cn1c(SCc2cc(=O)n3ccsc3n2)nnc1N1CCOCC1. The van der Waals surface area contributed by atoms with E-state index in [2.05, 4.69) is 38.5 Å². The molecule has 0 unspecified atom stereocenters. The van der Waals surface area contributed by atoms with Crippen LogP contribution in [0.1, 0.15) is 19.5 Å². The molecular weight excluding hydrogens is 384 g/mol. The number of nitrogens with zero attached hydrogens (tertiary/aromatic N) is 6. The van der Waals surface area contributed by atoms with Crippen LogP contribution in [0.4, 0.5) is 5.95 Å². The number of hydrogen-bond acceptors (Lipinski definition) is 8. The van der Waals surface area contributed by atoms with Crippen LogP contribution < -0.4 is 10.5 Å². The van der Waals surface area contributed by atoms with Crippen LogP contribution in [-0.2, 0) is 17.0 Å². The van der Waals surface area contributed by atoms with Gasteiger partial charge in [-0.3, -0.25) is 13.8 Å². The quantitative estimate of drug-likeness (QED) is 0.580. The van der Waals surface area contributed by atoms with Crippen LogP contribution in [0.25, 0.3) is 4.96 Å². The summed E-state index contributed by atoms with van der Waals surface area (Å²) in [5.41, 5.74) is 0.717. The van der Waals surface area contributed by atoms with Gasteiger partial charge in [0.15, 0.2) is 10.1 Å². The number of thiazole rings is 1. The van der Waals surface area contributed by atoms with Gasteiger partial charge in [-0.05, 0) is 5.92 Å². The Morgan fingerprint density at radius 3 is 2.89 bits per heavy atom. The zero-order chi connectivity index (χ0) is 18.8. The first-order chi connectivity index (χ1) is 13.1. The number of hydrogen-bond donors (Lipinski definition) is 0. The van der Waals surface area contributed by atoms with E-state index in [4.69, 9.17) is 4.74 Å². The summed E-state index contributed by atoms with van der Waals surface area (Å²) in [5, 5.41) is 11.6. The number of rotatable bonds is 6. The van der Waals surface area contributed by atoms with Crippen LogP contribution in [0.5, 0.6) is 0 Å². The van der Waals surface area contributed by atoms with Crippen molar-refractivity contribution in [3.63, 3.8) is 0 Å². The molecule has 3 aromatic rings. The molecule has 0 bridgehead atoms. The number of morpholine rings is 1. The normalized spacial score (nSPS) is 15.1. The molecule has 27 heavy (non-hydrogen) atoms. The number of thioether (sulfide) groups is 1. The third kappa shape index (κ3) is 4.02. The van der Waals surface area contributed by atoms with E-state index in [0.717, 1.165) is 41.4 Å². The van der Waals surface area contributed by atoms with Crippen LogP contribution in [0.3, 0.4) is 0 Å². The maximum atomic E-state index is 12.2. The highest BCUT2D eigenvalue weighted by atomic mass is 32.2. The molecule has 4 heterocycles. The average molecular weight is 407 g/mol. The summed E-state index contributed by atoms with van der Waals surface area (Å²) in [6.07, 6.45) is 1.75. The van der Waals surface area contributed by atoms with Crippen molar-refractivity contribution in [1.82, 2.24) is 24.1 Å². The molecule has 4 rings (SSSR count). The topological polar surface area (TPSA) is 77.5 Å². The molecule has 0 spiro atoms. The van der Waals surface area contributed by atoms with Gasteiger partial charge in [-0.25, -0.2) is 4.98 Å². The van der Waals surface area contributed by atoms with Crippen LogP contribution in [0.15, 0.2) is 27.6 Å². The van der Waals surface area contributed by atoms with Crippen LogP contribution in [-0.4, -0.2) is 50.5 Å². The molecule has 0 aromatic carbocycles. The first-order valence-corrected chi connectivity index (χ1v) is 10.8. The molecule has 0 radical (unpaired) electrons. The molecule has 3 aromatic heterocycles. The third-order valence-corrected chi connectivity index (χ3v) is 6.00. The molecule has 8 nitrogen and oxygen atoms in total.